The number of aryl methyl sites for hydroxylation is 5. The van der Waals surface area contributed by atoms with Crippen molar-refractivity contribution >= 4 is 52.4 Å². The number of benzene rings is 6. The molecular formula is C53H66BrN5O5S2. The van der Waals surface area contributed by atoms with E-state index in [1.165, 1.54) is 68.9 Å². The average Bonchev–Trinajstić information content (AvgIpc) is 3.30. The number of nitriles is 1. The number of phenols is 4. The zero-order valence-corrected chi connectivity index (χ0v) is 42.4. The largest absolute Gasteiger partial charge is 0.504 e. The summed E-state index contributed by atoms with van der Waals surface area (Å²) in [5.74, 6) is 0.506. The lowest BCUT2D eigenvalue weighted by Gasteiger charge is -2.21. The van der Waals surface area contributed by atoms with Crippen molar-refractivity contribution in [2.75, 3.05) is 33.4 Å². The molecule has 13 heteroatoms. The first-order valence-electron chi connectivity index (χ1n) is 21.2. The molecule has 352 valence electrons. The molecule has 6 aromatic rings. The maximum Gasteiger partial charge on any atom is 0.168 e. The van der Waals surface area contributed by atoms with Gasteiger partial charge in [-0.25, -0.2) is 0 Å². The van der Waals surface area contributed by atoms with Crippen LogP contribution in [-0.4, -0.2) is 70.2 Å². The van der Waals surface area contributed by atoms with Crippen LogP contribution in [0, 0.1) is 38.4 Å². The third-order valence-corrected chi connectivity index (χ3v) is 10.8. The van der Waals surface area contributed by atoms with Gasteiger partial charge in [0.05, 0.1) is 0 Å². The number of aldehydes is 1. The molecule has 0 aliphatic rings. The summed E-state index contributed by atoms with van der Waals surface area (Å²) >= 11 is 6.66. The van der Waals surface area contributed by atoms with E-state index in [4.69, 9.17) is 27.7 Å². The SMILES string of the molecule is Br.CN(Cc1ccc(O)c(O)c1)C(=S)NCCc1ccccc1.CNCc1ccc(C)c(C)c1.CNCc1ccc(O)c(O)c1.Cc1ccc(C=O)cc1C.N#CSCCc1ccccc1. The van der Waals surface area contributed by atoms with Gasteiger partial charge in [0.25, 0.3) is 0 Å². The van der Waals surface area contributed by atoms with Crippen LogP contribution in [0.15, 0.2) is 133 Å². The number of nitrogens with zero attached hydrogens (tertiary/aromatic N) is 2. The monoisotopic (exact) mass is 995 g/mol. The van der Waals surface area contributed by atoms with Gasteiger partial charge >= 0.3 is 0 Å². The van der Waals surface area contributed by atoms with Crippen LogP contribution in [0.25, 0.3) is 0 Å². The normalized spacial score (nSPS) is 9.67. The van der Waals surface area contributed by atoms with Gasteiger partial charge in [0.2, 0.25) is 0 Å². The van der Waals surface area contributed by atoms with Gasteiger partial charge in [-0.1, -0.05) is 103 Å². The minimum atomic E-state index is -0.117. The van der Waals surface area contributed by atoms with Crippen molar-refractivity contribution in [3.8, 4) is 28.4 Å². The zero-order chi connectivity index (χ0) is 48.0. The lowest BCUT2D eigenvalue weighted by molar-refractivity contribution is 0.112. The van der Waals surface area contributed by atoms with Gasteiger partial charge < -0.3 is 41.3 Å². The van der Waals surface area contributed by atoms with Crippen molar-refractivity contribution in [2.45, 2.75) is 60.2 Å². The number of aromatic hydroxyl groups is 4. The summed E-state index contributed by atoms with van der Waals surface area (Å²) in [7, 11) is 5.68. The van der Waals surface area contributed by atoms with E-state index in [0.29, 0.717) is 18.2 Å². The predicted molar refractivity (Wildman–Crippen MR) is 283 cm³/mol. The smallest absolute Gasteiger partial charge is 0.168 e. The minimum Gasteiger partial charge on any atom is -0.504 e. The quantitative estimate of drug-likeness (QED) is 0.0193. The fourth-order valence-electron chi connectivity index (χ4n) is 5.80. The molecule has 0 heterocycles. The molecule has 0 aliphatic heterocycles. The maximum atomic E-state index is 10.3. The number of phenolic OH excluding ortho intramolecular Hbond substituents is 4. The summed E-state index contributed by atoms with van der Waals surface area (Å²) in [6.45, 7) is 11.3. The Morgan fingerprint density at radius 1 is 0.621 bits per heavy atom. The molecule has 6 rings (SSSR count). The fraction of sp³-hybridized carbons (Fsp3) is 0.264. The van der Waals surface area contributed by atoms with E-state index >= 15 is 0 Å². The molecule has 0 amide bonds. The van der Waals surface area contributed by atoms with E-state index in [2.05, 4.69) is 77.7 Å². The number of nitrogens with one attached hydrogen (secondary N) is 3. The molecule has 0 fully saturated rings. The Labute approximate surface area is 412 Å². The van der Waals surface area contributed by atoms with Gasteiger partial charge in [-0.05, 0) is 159 Å². The van der Waals surface area contributed by atoms with Crippen LogP contribution < -0.4 is 16.0 Å². The molecule has 0 aliphatic carbocycles. The van der Waals surface area contributed by atoms with Crippen LogP contribution in [0.1, 0.15) is 60.4 Å². The summed E-state index contributed by atoms with van der Waals surface area (Å²) in [4.78, 5) is 12.2. The second-order valence-corrected chi connectivity index (χ2v) is 16.4. The lowest BCUT2D eigenvalue weighted by atomic mass is 10.1. The van der Waals surface area contributed by atoms with Gasteiger partial charge in [-0.2, -0.15) is 5.26 Å². The highest BCUT2D eigenvalue weighted by Crippen LogP contribution is 2.26. The van der Waals surface area contributed by atoms with E-state index < -0.39 is 0 Å². The molecule has 0 radical (unpaired) electrons. The zero-order valence-electron chi connectivity index (χ0n) is 39.0. The molecule has 0 spiro atoms. The molecule has 0 atom stereocenters. The topological polar surface area (TPSA) is 161 Å². The number of halogens is 1. The molecular weight excluding hydrogens is 931 g/mol. The van der Waals surface area contributed by atoms with Crippen LogP contribution in [-0.2, 0) is 32.5 Å². The van der Waals surface area contributed by atoms with Crippen LogP contribution in [0.2, 0.25) is 0 Å². The molecule has 0 aromatic heterocycles. The first-order valence-corrected chi connectivity index (χ1v) is 22.6. The van der Waals surface area contributed by atoms with Crippen molar-refractivity contribution in [1.82, 2.24) is 20.9 Å². The highest BCUT2D eigenvalue weighted by atomic mass is 79.9. The van der Waals surface area contributed by atoms with E-state index in [1.54, 1.807) is 18.2 Å². The van der Waals surface area contributed by atoms with E-state index in [9.17, 15) is 15.0 Å². The summed E-state index contributed by atoms with van der Waals surface area (Å²) in [6, 6.07) is 42.2. The lowest BCUT2D eigenvalue weighted by Crippen LogP contribution is -2.37. The highest BCUT2D eigenvalue weighted by Gasteiger charge is 2.07. The maximum absolute atomic E-state index is 10.3. The Morgan fingerprint density at radius 2 is 1.09 bits per heavy atom. The van der Waals surface area contributed by atoms with Crippen molar-refractivity contribution in [3.05, 3.63) is 189 Å². The molecule has 7 N–H and O–H groups in total. The van der Waals surface area contributed by atoms with Crippen LogP contribution in [0.5, 0.6) is 23.0 Å². The van der Waals surface area contributed by atoms with Crippen LogP contribution in [0.4, 0.5) is 0 Å². The number of carbonyl (C=O) groups is 1. The van der Waals surface area contributed by atoms with Gasteiger partial charge in [-0.3, -0.25) is 4.79 Å². The van der Waals surface area contributed by atoms with E-state index in [-0.39, 0.29) is 40.0 Å². The number of rotatable bonds is 13. The minimum absolute atomic E-state index is 0. The number of hydrogen-bond donors (Lipinski definition) is 7. The highest BCUT2D eigenvalue weighted by molar-refractivity contribution is 8.93. The first-order chi connectivity index (χ1) is 31.2. The Morgan fingerprint density at radius 3 is 1.58 bits per heavy atom. The Balaban J connectivity index is 0.000000429. The third kappa shape index (κ3) is 23.9. The number of thiocarbonyl (C=S) groups is 1. The number of hydrogen-bond acceptors (Lipinski definition) is 10. The van der Waals surface area contributed by atoms with Gasteiger partial charge in [0, 0.05) is 44.5 Å². The average molecular weight is 997 g/mol. The number of thioether (sulfide) groups is 1. The molecule has 10 nitrogen and oxygen atoms in total. The Hall–Kier alpha value is -5.88. The van der Waals surface area contributed by atoms with Crippen molar-refractivity contribution in [1.29, 1.82) is 5.26 Å². The number of thiocyanates is 1. The van der Waals surface area contributed by atoms with Crippen LogP contribution in [0.3, 0.4) is 0 Å². The second-order valence-electron chi connectivity index (χ2n) is 15.1. The molecule has 0 saturated heterocycles. The third-order valence-electron chi connectivity index (χ3n) is 9.78. The molecule has 0 saturated carbocycles. The van der Waals surface area contributed by atoms with Gasteiger partial charge in [0.15, 0.2) is 28.1 Å². The fourth-order valence-corrected chi connectivity index (χ4v) is 6.40. The summed E-state index contributed by atoms with van der Waals surface area (Å²) in [5.41, 5.74) is 11.6. The van der Waals surface area contributed by atoms with Crippen molar-refractivity contribution in [3.63, 3.8) is 0 Å². The first kappa shape index (κ1) is 58.1. The summed E-state index contributed by atoms with van der Waals surface area (Å²) in [6.07, 6.45) is 2.76. The second kappa shape index (κ2) is 33.6. The summed E-state index contributed by atoms with van der Waals surface area (Å²) in [5, 5.41) is 57.1. The molecule has 0 unspecified atom stereocenters. The molecule has 0 bridgehead atoms. The predicted octanol–water partition coefficient (Wildman–Crippen LogP) is 10.6. The Kier molecular flexibility index (Phi) is 29.6. The van der Waals surface area contributed by atoms with E-state index in [1.807, 2.05) is 94.5 Å². The number of carbonyl (C=O) groups excluding carboxylic acids is 1. The van der Waals surface area contributed by atoms with Gasteiger partial charge in [0.1, 0.15) is 11.7 Å². The van der Waals surface area contributed by atoms with E-state index in [0.717, 1.165) is 54.7 Å². The van der Waals surface area contributed by atoms with Crippen molar-refractivity contribution < 1.29 is 25.2 Å². The summed E-state index contributed by atoms with van der Waals surface area (Å²) < 4.78 is 0. The standard InChI is InChI=1S/C17H20N2O2S.C10H15N.C9H9NS.C9H10O.C8H11NO2.BrH/c1-19(12-14-7-8-15(20)16(21)11-14)17(22)18-10-9-13-5-3-2-4-6-13;1-8-4-5-10(7-11-3)6-9(8)2;10-8-11-7-6-9-4-2-1-3-5-9;1-7-3-4-9(6-10)5-8(7)2;1-9-5-6-2-3-7(10)8(11)4-6;/h2-8,11,20-21H,9-10,12H2,1H3,(H,18,22);4-6,11H,7H2,1-3H3;1-5H,6-7H2;3-6H,1-2H3;2-4,9-11H,5H2,1H3;1H. The van der Waals surface area contributed by atoms with Crippen LogP contribution >= 0.6 is 41.0 Å². The van der Waals surface area contributed by atoms with Crippen molar-refractivity contribution in [2.24, 2.45) is 0 Å². The van der Waals surface area contributed by atoms with Gasteiger partial charge in [-0.15, -0.1) is 17.0 Å². The Bertz CT molecular complexity index is 2310. The molecule has 6 aromatic carbocycles. The molecule has 66 heavy (non-hydrogen) atoms.